The summed E-state index contributed by atoms with van der Waals surface area (Å²) in [6.07, 6.45) is 1.33. The molecule has 1 heterocycles. The third-order valence-corrected chi connectivity index (χ3v) is 5.49. The molecule has 0 bridgehead atoms. The summed E-state index contributed by atoms with van der Waals surface area (Å²) in [5, 5.41) is 12.5. The summed E-state index contributed by atoms with van der Waals surface area (Å²) in [5.74, 6) is 0.697. The lowest BCUT2D eigenvalue weighted by Gasteiger charge is -2.26. The molecule has 1 aliphatic heterocycles. The first-order valence-electron chi connectivity index (χ1n) is 10.7. The van der Waals surface area contributed by atoms with Gasteiger partial charge in [-0.1, -0.05) is 37.3 Å². The minimum absolute atomic E-state index is 0. The van der Waals surface area contributed by atoms with Gasteiger partial charge in [-0.3, -0.25) is 14.6 Å². The van der Waals surface area contributed by atoms with E-state index in [9.17, 15) is 9.59 Å². The summed E-state index contributed by atoms with van der Waals surface area (Å²) in [6, 6.07) is 15.6. The standard InChI is InChI=1S/C24H31N5O2.HI/c1-4-16(2)28-23(31)18-9-7-8-17(12-18)14-26-24(25-3)27-15-19-13-22(30)29-21-11-6-5-10-20(19)21;/h5-12,16,19H,4,13-15H2,1-3H3,(H,28,31)(H,29,30)(H2,25,26,27);1H. The molecular formula is C24H32IN5O2. The van der Waals surface area contributed by atoms with Crippen LogP contribution in [0.4, 0.5) is 5.69 Å². The Morgan fingerprint density at radius 3 is 2.72 bits per heavy atom. The molecule has 3 rings (SSSR count). The van der Waals surface area contributed by atoms with Gasteiger partial charge in [0.2, 0.25) is 5.91 Å². The summed E-state index contributed by atoms with van der Waals surface area (Å²) in [7, 11) is 1.72. The first kappa shape index (κ1) is 25.6. The first-order valence-corrected chi connectivity index (χ1v) is 10.7. The number of hydrogen-bond donors (Lipinski definition) is 4. The van der Waals surface area contributed by atoms with Crippen molar-refractivity contribution in [3.8, 4) is 0 Å². The summed E-state index contributed by atoms with van der Waals surface area (Å²) in [6.45, 7) is 5.17. The van der Waals surface area contributed by atoms with Gasteiger partial charge in [0, 0.05) is 49.8 Å². The van der Waals surface area contributed by atoms with Crippen molar-refractivity contribution in [2.45, 2.75) is 45.2 Å². The second kappa shape index (κ2) is 12.4. The zero-order valence-electron chi connectivity index (χ0n) is 18.8. The Labute approximate surface area is 206 Å². The molecule has 2 amide bonds. The monoisotopic (exact) mass is 549 g/mol. The summed E-state index contributed by atoms with van der Waals surface area (Å²) < 4.78 is 0. The molecule has 0 fully saturated rings. The highest BCUT2D eigenvalue weighted by molar-refractivity contribution is 14.0. The molecule has 0 radical (unpaired) electrons. The number of carbonyl (C=O) groups excluding carboxylic acids is 2. The maximum atomic E-state index is 12.4. The van der Waals surface area contributed by atoms with Gasteiger partial charge in [-0.15, -0.1) is 24.0 Å². The minimum atomic E-state index is -0.0621. The van der Waals surface area contributed by atoms with Crippen LogP contribution >= 0.6 is 24.0 Å². The van der Waals surface area contributed by atoms with Crippen LogP contribution in [-0.2, 0) is 11.3 Å². The van der Waals surface area contributed by atoms with Crippen molar-refractivity contribution in [3.05, 3.63) is 65.2 Å². The fraction of sp³-hybridized carbons (Fsp3) is 0.375. The maximum Gasteiger partial charge on any atom is 0.251 e. The highest BCUT2D eigenvalue weighted by Crippen LogP contribution is 2.31. The Kier molecular flexibility index (Phi) is 9.96. The van der Waals surface area contributed by atoms with Crippen LogP contribution in [0.3, 0.4) is 0 Å². The van der Waals surface area contributed by atoms with Crippen molar-refractivity contribution >= 4 is 47.4 Å². The fourth-order valence-electron chi connectivity index (χ4n) is 3.54. The molecule has 8 heteroatoms. The van der Waals surface area contributed by atoms with Crippen LogP contribution in [-0.4, -0.2) is 37.4 Å². The van der Waals surface area contributed by atoms with Crippen LogP contribution in [0, 0.1) is 0 Å². The van der Waals surface area contributed by atoms with E-state index in [4.69, 9.17) is 0 Å². The average Bonchev–Trinajstić information content (AvgIpc) is 2.79. The number of halogens is 1. The topological polar surface area (TPSA) is 94.6 Å². The van der Waals surface area contributed by atoms with Gasteiger partial charge in [-0.25, -0.2) is 0 Å². The second-order valence-corrected chi connectivity index (χ2v) is 7.83. The number of aliphatic imine (C=N–C) groups is 1. The van der Waals surface area contributed by atoms with Gasteiger partial charge in [-0.05, 0) is 42.7 Å². The highest BCUT2D eigenvalue weighted by atomic mass is 127. The van der Waals surface area contributed by atoms with Crippen molar-refractivity contribution in [2.75, 3.05) is 18.9 Å². The van der Waals surface area contributed by atoms with Gasteiger partial charge < -0.3 is 21.3 Å². The molecule has 0 saturated heterocycles. The van der Waals surface area contributed by atoms with Gasteiger partial charge in [0.05, 0.1) is 0 Å². The Balaban J connectivity index is 0.00000363. The molecule has 0 saturated carbocycles. The largest absolute Gasteiger partial charge is 0.356 e. The van der Waals surface area contributed by atoms with E-state index in [-0.39, 0.29) is 47.8 Å². The lowest BCUT2D eigenvalue weighted by molar-refractivity contribution is -0.116. The van der Waals surface area contributed by atoms with Crippen LogP contribution < -0.4 is 21.3 Å². The van der Waals surface area contributed by atoms with Crippen molar-refractivity contribution < 1.29 is 9.59 Å². The zero-order valence-corrected chi connectivity index (χ0v) is 21.1. The summed E-state index contributed by atoms with van der Waals surface area (Å²) in [5.41, 5.74) is 3.64. The fourth-order valence-corrected chi connectivity index (χ4v) is 3.54. The number of anilines is 1. The maximum absolute atomic E-state index is 12.4. The molecule has 0 aliphatic carbocycles. The molecule has 2 aromatic carbocycles. The molecule has 0 aromatic heterocycles. The Bertz CT molecular complexity index is 963. The normalized spacial score (nSPS) is 16.2. The van der Waals surface area contributed by atoms with Crippen LogP contribution in [0.2, 0.25) is 0 Å². The van der Waals surface area contributed by atoms with Gasteiger partial charge in [0.15, 0.2) is 5.96 Å². The second-order valence-electron chi connectivity index (χ2n) is 7.83. The van der Waals surface area contributed by atoms with E-state index < -0.39 is 0 Å². The SMILES string of the molecule is CCC(C)NC(=O)c1cccc(CNC(=NC)NCC2CC(=O)Nc3ccccc32)c1.I. The molecular weight excluding hydrogens is 517 g/mol. The molecule has 2 aromatic rings. The first-order chi connectivity index (χ1) is 15.0. The Morgan fingerprint density at radius 1 is 1.19 bits per heavy atom. The number of fused-ring (bicyclic) bond motifs is 1. The van der Waals surface area contributed by atoms with E-state index in [1.807, 2.05) is 62.4 Å². The van der Waals surface area contributed by atoms with Crippen molar-refractivity contribution in [1.82, 2.24) is 16.0 Å². The number of guanidine groups is 1. The van der Waals surface area contributed by atoms with Gasteiger partial charge in [-0.2, -0.15) is 0 Å². The number of rotatable bonds is 7. The summed E-state index contributed by atoms with van der Waals surface area (Å²) in [4.78, 5) is 28.7. The number of benzene rings is 2. The van der Waals surface area contributed by atoms with Crippen LogP contribution in [0.5, 0.6) is 0 Å². The van der Waals surface area contributed by atoms with Gasteiger partial charge in [0.1, 0.15) is 0 Å². The van der Waals surface area contributed by atoms with Crippen molar-refractivity contribution in [3.63, 3.8) is 0 Å². The third kappa shape index (κ3) is 6.94. The minimum Gasteiger partial charge on any atom is -0.356 e. The molecule has 0 spiro atoms. The summed E-state index contributed by atoms with van der Waals surface area (Å²) >= 11 is 0. The quantitative estimate of drug-likeness (QED) is 0.241. The Hall–Kier alpha value is -2.62. The van der Waals surface area contributed by atoms with Crippen LogP contribution in [0.25, 0.3) is 0 Å². The third-order valence-electron chi connectivity index (χ3n) is 5.49. The van der Waals surface area contributed by atoms with E-state index in [1.165, 1.54) is 0 Å². The lowest BCUT2D eigenvalue weighted by Crippen LogP contribution is -2.40. The van der Waals surface area contributed by atoms with Crippen molar-refractivity contribution in [2.24, 2.45) is 4.99 Å². The number of hydrogen-bond acceptors (Lipinski definition) is 3. The number of nitrogens with one attached hydrogen (secondary N) is 4. The molecule has 4 N–H and O–H groups in total. The zero-order chi connectivity index (χ0) is 22.2. The number of para-hydroxylation sites is 1. The molecule has 1 aliphatic rings. The molecule has 2 atom stereocenters. The van der Waals surface area contributed by atoms with Crippen LogP contribution in [0.15, 0.2) is 53.5 Å². The lowest BCUT2D eigenvalue weighted by atomic mass is 9.90. The molecule has 2 unspecified atom stereocenters. The predicted molar refractivity (Wildman–Crippen MR) is 140 cm³/mol. The van der Waals surface area contributed by atoms with E-state index in [0.717, 1.165) is 23.2 Å². The molecule has 7 nitrogen and oxygen atoms in total. The number of carbonyl (C=O) groups is 2. The Morgan fingerprint density at radius 2 is 1.97 bits per heavy atom. The van der Waals surface area contributed by atoms with Crippen LogP contribution in [0.1, 0.15) is 54.1 Å². The van der Waals surface area contributed by atoms with E-state index in [0.29, 0.717) is 31.0 Å². The van der Waals surface area contributed by atoms with Crippen molar-refractivity contribution in [1.29, 1.82) is 0 Å². The highest BCUT2D eigenvalue weighted by Gasteiger charge is 2.24. The smallest absolute Gasteiger partial charge is 0.251 e. The molecule has 32 heavy (non-hydrogen) atoms. The van der Waals surface area contributed by atoms with E-state index in [2.05, 4.69) is 26.3 Å². The number of nitrogens with zero attached hydrogens (tertiary/aromatic N) is 1. The number of amides is 2. The predicted octanol–water partition coefficient (Wildman–Crippen LogP) is 3.62. The van der Waals surface area contributed by atoms with Gasteiger partial charge in [0.25, 0.3) is 5.91 Å². The average molecular weight is 549 g/mol. The van der Waals surface area contributed by atoms with E-state index in [1.54, 1.807) is 7.05 Å². The van der Waals surface area contributed by atoms with Gasteiger partial charge >= 0.3 is 0 Å². The van der Waals surface area contributed by atoms with E-state index >= 15 is 0 Å². The molecule has 172 valence electrons.